The number of methoxy groups -OCH3 is 1. The van der Waals surface area contributed by atoms with E-state index in [2.05, 4.69) is 16.7 Å². The van der Waals surface area contributed by atoms with Crippen LogP contribution in [0.3, 0.4) is 0 Å². The Morgan fingerprint density at radius 3 is 2.66 bits per heavy atom. The molecule has 4 aromatic rings. The van der Waals surface area contributed by atoms with Gasteiger partial charge in [-0.15, -0.1) is 0 Å². The molecular weight excluding hydrogens is 362 g/mol. The zero-order chi connectivity index (χ0) is 19.4. The maximum atomic E-state index is 6.20. The van der Waals surface area contributed by atoms with Crippen LogP contribution in [0.5, 0.6) is 11.5 Å². The number of aliphatic imine (C=N–C) groups is 1. The van der Waals surface area contributed by atoms with E-state index in [9.17, 15) is 0 Å². The van der Waals surface area contributed by atoms with Crippen molar-refractivity contribution in [3.63, 3.8) is 0 Å². The molecule has 1 aromatic heterocycles. The van der Waals surface area contributed by atoms with Crippen LogP contribution in [0, 0.1) is 0 Å². The van der Waals surface area contributed by atoms with Crippen LogP contribution in [0.1, 0.15) is 23.1 Å². The van der Waals surface area contributed by atoms with Gasteiger partial charge in [0.05, 0.1) is 23.7 Å². The predicted molar refractivity (Wildman–Crippen MR) is 113 cm³/mol. The lowest BCUT2D eigenvalue weighted by atomic mass is 10.0. The van der Waals surface area contributed by atoms with E-state index in [1.807, 2.05) is 66.7 Å². The van der Waals surface area contributed by atoms with E-state index in [0.29, 0.717) is 5.90 Å². The zero-order valence-corrected chi connectivity index (χ0v) is 15.7. The summed E-state index contributed by atoms with van der Waals surface area (Å²) in [6, 6.07) is 24.1. The van der Waals surface area contributed by atoms with Gasteiger partial charge in [0.15, 0.2) is 6.17 Å². The van der Waals surface area contributed by atoms with Crippen molar-refractivity contribution in [2.24, 2.45) is 4.99 Å². The molecule has 0 aliphatic carbocycles. The fraction of sp³-hybridized carbons (Fsp3) is 0.0833. The minimum atomic E-state index is -0.328. The highest BCUT2D eigenvalue weighted by atomic mass is 16.5. The molecule has 0 N–H and O–H groups in total. The summed E-state index contributed by atoms with van der Waals surface area (Å²) in [5.41, 5.74) is 4.84. The first-order chi connectivity index (χ1) is 14.3. The molecule has 0 amide bonds. The number of hydrogen-bond donors (Lipinski definition) is 0. The van der Waals surface area contributed by atoms with Gasteiger partial charge in [0.2, 0.25) is 5.90 Å². The minimum absolute atomic E-state index is 0.328. The number of fused-ring (bicyclic) bond motifs is 6. The maximum absolute atomic E-state index is 6.20. The Morgan fingerprint density at radius 2 is 1.72 bits per heavy atom. The summed E-state index contributed by atoms with van der Waals surface area (Å²) in [5.74, 6) is 3.02. The highest BCUT2D eigenvalue weighted by molar-refractivity contribution is 6.26. The minimum Gasteiger partial charge on any atom is -0.496 e. The largest absolute Gasteiger partial charge is 0.496 e. The number of aromatic nitrogens is 2. The molecule has 0 radical (unpaired) electrons. The average molecular weight is 379 g/mol. The zero-order valence-electron chi connectivity index (χ0n) is 15.7. The molecule has 0 fully saturated rings. The predicted octanol–water partition coefficient (Wildman–Crippen LogP) is 4.94. The average Bonchev–Trinajstić information content (AvgIpc) is 3.17. The highest BCUT2D eigenvalue weighted by Crippen LogP contribution is 2.41. The summed E-state index contributed by atoms with van der Waals surface area (Å²) in [6.07, 6.45) is 1.78. The molecule has 0 unspecified atom stereocenters. The second kappa shape index (κ2) is 6.07. The van der Waals surface area contributed by atoms with E-state index in [-0.39, 0.29) is 6.17 Å². The van der Waals surface area contributed by atoms with Crippen LogP contribution in [0.2, 0.25) is 0 Å². The van der Waals surface area contributed by atoms with Gasteiger partial charge in [-0.2, -0.15) is 0 Å². The lowest BCUT2D eigenvalue weighted by Gasteiger charge is -2.29. The summed E-state index contributed by atoms with van der Waals surface area (Å²) >= 11 is 0. The van der Waals surface area contributed by atoms with Crippen LogP contribution >= 0.6 is 0 Å². The van der Waals surface area contributed by atoms with Crippen molar-refractivity contribution in [1.29, 1.82) is 0 Å². The van der Waals surface area contributed by atoms with Gasteiger partial charge >= 0.3 is 0 Å². The third-order valence-electron chi connectivity index (χ3n) is 5.39. The summed E-state index contributed by atoms with van der Waals surface area (Å²) in [7, 11) is 1.68. The molecule has 0 saturated carbocycles. The van der Waals surface area contributed by atoms with E-state index >= 15 is 0 Å². The number of hydrogen-bond acceptors (Lipinski definition) is 4. The van der Waals surface area contributed by atoms with Crippen molar-refractivity contribution >= 4 is 28.6 Å². The van der Waals surface area contributed by atoms with Crippen LogP contribution in [-0.2, 0) is 0 Å². The second-order valence-corrected chi connectivity index (χ2v) is 7.04. The maximum Gasteiger partial charge on any atom is 0.228 e. The second-order valence-electron chi connectivity index (χ2n) is 7.04. The Labute approximate surface area is 167 Å². The molecule has 140 valence electrons. The summed E-state index contributed by atoms with van der Waals surface area (Å²) in [6.45, 7) is 0. The van der Waals surface area contributed by atoms with Crippen LogP contribution < -0.4 is 9.47 Å². The quantitative estimate of drug-likeness (QED) is 0.496. The Bertz CT molecular complexity index is 1330. The van der Waals surface area contributed by atoms with Gasteiger partial charge in [-0.05, 0) is 30.3 Å². The Balaban J connectivity index is 1.66. The first-order valence-corrected chi connectivity index (χ1v) is 9.50. The molecule has 6 rings (SSSR count). The molecular formula is C24H17N3O2. The van der Waals surface area contributed by atoms with Gasteiger partial charge in [-0.3, -0.25) is 4.57 Å². The Morgan fingerprint density at radius 1 is 0.931 bits per heavy atom. The smallest absolute Gasteiger partial charge is 0.228 e. The Hall–Kier alpha value is -3.86. The van der Waals surface area contributed by atoms with Gasteiger partial charge in [0.1, 0.15) is 17.3 Å². The first-order valence-electron chi connectivity index (χ1n) is 9.50. The molecule has 5 heteroatoms. The van der Waals surface area contributed by atoms with Crippen molar-refractivity contribution in [3.05, 3.63) is 89.7 Å². The lowest BCUT2D eigenvalue weighted by Crippen LogP contribution is -2.26. The van der Waals surface area contributed by atoms with Gasteiger partial charge < -0.3 is 9.47 Å². The van der Waals surface area contributed by atoms with Gasteiger partial charge in [-0.1, -0.05) is 48.5 Å². The van der Waals surface area contributed by atoms with E-state index in [4.69, 9.17) is 19.5 Å². The summed E-state index contributed by atoms with van der Waals surface area (Å²) in [5, 5.41) is 0. The number of benzene rings is 3. The number of rotatable bonds is 2. The monoisotopic (exact) mass is 379 g/mol. The number of para-hydroxylation sites is 4. The summed E-state index contributed by atoms with van der Waals surface area (Å²) < 4.78 is 14.0. The molecule has 2 aliphatic heterocycles. The fourth-order valence-corrected chi connectivity index (χ4v) is 4.06. The van der Waals surface area contributed by atoms with Crippen LogP contribution in [0.4, 0.5) is 0 Å². The molecule has 3 aromatic carbocycles. The molecule has 3 heterocycles. The Kier molecular flexibility index (Phi) is 3.38. The molecule has 5 nitrogen and oxygen atoms in total. The molecule has 0 bridgehead atoms. The van der Waals surface area contributed by atoms with E-state index in [1.54, 1.807) is 7.11 Å². The molecule has 2 aliphatic rings. The normalized spacial score (nSPS) is 16.8. The first kappa shape index (κ1) is 16.1. The van der Waals surface area contributed by atoms with E-state index < -0.39 is 0 Å². The molecule has 0 saturated heterocycles. The lowest BCUT2D eigenvalue weighted by molar-refractivity contribution is 0.401. The molecule has 29 heavy (non-hydrogen) atoms. The van der Waals surface area contributed by atoms with Crippen molar-refractivity contribution < 1.29 is 9.47 Å². The fourth-order valence-electron chi connectivity index (χ4n) is 4.06. The van der Waals surface area contributed by atoms with Gasteiger partial charge in [0.25, 0.3) is 0 Å². The van der Waals surface area contributed by atoms with Gasteiger partial charge in [0, 0.05) is 11.1 Å². The SMILES string of the molecule is COc1ccccc1[C@@H]1N=C2Oc3ccccc3C=C2c2nc3ccccc3n21. The van der Waals surface area contributed by atoms with Crippen molar-refractivity contribution in [3.8, 4) is 11.5 Å². The van der Waals surface area contributed by atoms with Gasteiger partial charge in [-0.25, -0.2) is 9.98 Å². The van der Waals surface area contributed by atoms with E-state index in [1.165, 1.54) is 0 Å². The standard InChI is InChI=1S/C24H17N3O2/c1-28-21-13-7-3-9-16(21)22-26-24-17(14-15-8-2-6-12-20(15)29-24)23-25-18-10-4-5-11-19(18)27(22)23/h2-14,22H,1H3/t22-/m1/s1. The van der Waals surface area contributed by atoms with Crippen LogP contribution in [-0.4, -0.2) is 22.6 Å². The van der Waals surface area contributed by atoms with Crippen LogP contribution in [0.25, 0.3) is 22.7 Å². The molecule has 1 atom stereocenters. The number of imidazole rings is 1. The highest BCUT2D eigenvalue weighted by Gasteiger charge is 2.34. The van der Waals surface area contributed by atoms with Crippen molar-refractivity contribution in [2.45, 2.75) is 6.17 Å². The van der Waals surface area contributed by atoms with Crippen molar-refractivity contribution in [1.82, 2.24) is 9.55 Å². The van der Waals surface area contributed by atoms with Crippen LogP contribution in [0.15, 0.2) is 77.8 Å². The summed E-state index contributed by atoms with van der Waals surface area (Å²) in [4.78, 5) is 9.95. The van der Waals surface area contributed by atoms with E-state index in [0.717, 1.165) is 45.1 Å². The van der Waals surface area contributed by atoms with Crippen molar-refractivity contribution in [2.75, 3.05) is 7.11 Å². The number of nitrogens with zero attached hydrogens (tertiary/aromatic N) is 3. The molecule has 0 spiro atoms. The third-order valence-corrected chi connectivity index (χ3v) is 5.39. The topological polar surface area (TPSA) is 48.6 Å². The number of ether oxygens (including phenoxy) is 2. The third kappa shape index (κ3) is 2.34.